The van der Waals surface area contributed by atoms with Gasteiger partial charge in [0.25, 0.3) is 11.4 Å². The van der Waals surface area contributed by atoms with Crippen LogP contribution in [0.25, 0.3) is 43.6 Å². The van der Waals surface area contributed by atoms with Crippen LogP contribution in [0.15, 0.2) is 110 Å². The monoisotopic (exact) mass is 1110 g/mol. The molecule has 0 bridgehead atoms. The molecule has 9 aromatic rings. The third-order valence-corrected chi connectivity index (χ3v) is 11.9. The lowest BCUT2D eigenvalue weighted by Crippen LogP contribution is -2.15. The number of H-pyrrole nitrogens is 1. The average Bonchev–Trinajstić information content (AvgIpc) is 4.24. The van der Waals surface area contributed by atoms with E-state index in [9.17, 15) is 20.2 Å². The predicted octanol–water partition coefficient (Wildman–Crippen LogP) is 9.10. The van der Waals surface area contributed by atoms with Crippen molar-refractivity contribution in [1.29, 1.82) is 0 Å². The first kappa shape index (κ1) is 63.0. The van der Waals surface area contributed by atoms with Gasteiger partial charge < -0.3 is 36.0 Å². The molecule has 0 saturated heterocycles. The highest BCUT2D eigenvalue weighted by atomic mass is 35.5. The summed E-state index contributed by atoms with van der Waals surface area (Å²) in [4.78, 5) is 37.5. The molecule has 0 aliphatic rings. The number of aromatic nitrogens is 10. The standard InChI is InChI=1S/C17H23N7.C12H16N4O2.C12H18N4.C7H5N3O2.C5H12ClN.ClH/c1-18-16-7-8-19-17(22-16)21-14-6-5-13-12-20-24(15(13)11-14)10-4-9-23(2)3;1-14(2)6-3-7-15-12-8-11(16(17)18)5-4-10(12)9-13-15;1-15(2)6-3-7-16-12-8-11(13)5-4-10(12)9-14-16;11-10(12)6-2-1-5-4-8-9-7(5)3-6;1-7(2)5-3-4-6;/h5-8,11-12H,4,9-10H2,1-3H3,(H2,18,19,21,22);4-5,8-9H,3,6-7H2,1-2H3;4-5,8-9H,3,6-7,13H2,1-2H3;1-4H,(H,8,9);3-5H2,1-2H3;1H. The molecular formula is C53H75Cl2N19O4. The lowest BCUT2D eigenvalue weighted by Gasteiger charge is -2.10. The highest BCUT2D eigenvalue weighted by Gasteiger charge is 2.11. The van der Waals surface area contributed by atoms with Crippen molar-refractivity contribution in [2.75, 3.05) is 112 Å². The largest absolute Gasteiger partial charge is 0.399 e. The van der Waals surface area contributed by atoms with E-state index < -0.39 is 4.92 Å². The average molecular weight is 1110 g/mol. The second-order valence-electron chi connectivity index (χ2n) is 19.1. The van der Waals surface area contributed by atoms with Gasteiger partial charge in [0, 0.05) is 95.9 Å². The summed E-state index contributed by atoms with van der Waals surface area (Å²) < 4.78 is 5.90. The summed E-state index contributed by atoms with van der Waals surface area (Å²) in [7, 11) is 18.3. The number of anilines is 4. The molecule has 5 aromatic heterocycles. The van der Waals surface area contributed by atoms with E-state index in [0.717, 1.165) is 133 Å². The van der Waals surface area contributed by atoms with Crippen LogP contribution >= 0.6 is 24.0 Å². The number of halogens is 2. The van der Waals surface area contributed by atoms with E-state index in [4.69, 9.17) is 17.3 Å². The molecule has 0 atom stereocenters. The summed E-state index contributed by atoms with van der Waals surface area (Å²) in [6.07, 6.45) is 13.1. The van der Waals surface area contributed by atoms with E-state index in [1.807, 2.05) is 87.3 Å². The van der Waals surface area contributed by atoms with Crippen molar-refractivity contribution in [3.63, 3.8) is 0 Å². The van der Waals surface area contributed by atoms with Gasteiger partial charge in [-0.15, -0.1) is 24.0 Å². The molecule has 0 saturated carbocycles. The molecule has 4 aromatic carbocycles. The van der Waals surface area contributed by atoms with Crippen LogP contribution in [0.4, 0.5) is 34.5 Å². The Kier molecular flexibility index (Phi) is 26.1. The minimum absolute atomic E-state index is 0. The normalized spacial score (nSPS) is 10.9. The van der Waals surface area contributed by atoms with Gasteiger partial charge in [0.05, 0.1) is 56.7 Å². The fourth-order valence-corrected chi connectivity index (χ4v) is 7.77. The maximum absolute atomic E-state index is 10.8. The van der Waals surface area contributed by atoms with Crippen LogP contribution in [0.1, 0.15) is 25.7 Å². The van der Waals surface area contributed by atoms with E-state index in [2.05, 4.69) is 111 Å². The van der Waals surface area contributed by atoms with Crippen molar-refractivity contribution >= 4 is 102 Å². The smallest absolute Gasteiger partial charge is 0.271 e. The zero-order chi connectivity index (χ0) is 55.9. The van der Waals surface area contributed by atoms with Gasteiger partial charge in [-0.3, -0.25) is 39.4 Å². The lowest BCUT2D eigenvalue weighted by atomic mass is 10.2. The van der Waals surface area contributed by atoms with Crippen LogP contribution in [0, 0.1) is 20.2 Å². The fourth-order valence-electron chi connectivity index (χ4n) is 7.65. The number of nitro groups is 2. The summed E-state index contributed by atoms with van der Waals surface area (Å²) in [5.74, 6) is 2.13. The molecule has 420 valence electrons. The van der Waals surface area contributed by atoms with E-state index in [0.29, 0.717) is 11.5 Å². The first-order valence-electron chi connectivity index (χ1n) is 25.2. The number of aryl methyl sites for hydroxylation is 3. The van der Waals surface area contributed by atoms with Crippen molar-refractivity contribution in [3.8, 4) is 0 Å². The van der Waals surface area contributed by atoms with Crippen LogP contribution in [0.2, 0.25) is 0 Å². The quantitative estimate of drug-likeness (QED) is 0.0240. The number of aromatic amines is 1. The summed E-state index contributed by atoms with van der Waals surface area (Å²) in [6.45, 7) is 6.79. The first-order valence-corrected chi connectivity index (χ1v) is 25.7. The third-order valence-electron chi connectivity index (χ3n) is 11.6. The minimum atomic E-state index is -0.430. The number of nitrogens with one attached hydrogen (secondary N) is 3. The zero-order valence-electron chi connectivity index (χ0n) is 46.1. The molecule has 78 heavy (non-hydrogen) atoms. The molecule has 0 radical (unpaired) electrons. The van der Waals surface area contributed by atoms with Crippen LogP contribution in [-0.2, 0) is 19.6 Å². The highest BCUT2D eigenvalue weighted by molar-refractivity contribution is 6.17. The summed E-state index contributed by atoms with van der Waals surface area (Å²) in [5.41, 5.74) is 11.5. The molecule has 0 amide bonds. The highest BCUT2D eigenvalue weighted by Crippen LogP contribution is 2.24. The van der Waals surface area contributed by atoms with Crippen molar-refractivity contribution in [2.45, 2.75) is 45.3 Å². The number of nitrogens with two attached hydrogens (primary N) is 1. The minimum Gasteiger partial charge on any atom is -0.399 e. The number of fused-ring (bicyclic) bond motifs is 4. The van der Waals surface area contributed by atoms with Gasteiger partial charge in [-0.05, 0) is 163 Å². The van der Waals surface area contributed by atoms with Crippen molar-refractivity contribution in [3.05, 3.63) is 130 Å². The number of hydrogen-bond acceptors (Lipinski definition) is 17. The molecular weight excluding hydrogens is 1040 g/mol. The molecule has 0 fully saturated rings. The van der Waals surface area contributed by atoms with Crippen LogP contribution in [-0.4, -0.2) is 174 Å². The Hall–Kier alpha value is -7.54. The number of nitro benzene ring substituents is 2. The van der Waals surface area contributed by atoms with Gasteiger partial charge in [-0.25, -0.2) is 4.98 Å². The van der Waals surface area contributed by atoms with E-state index >= 15 is 0 Å². The number of alkyl halides is 1. The van der Waals surface area contributed by atoms with Crippen molar-refractivity contribution in [2.24, 2.45) is 0 Å². The number of benzene rings is 4. The Balaban J connectivity index is 0.000000219. The van der Waals surface area contributed by atoms with E-state index in [1.54, 1.807) is 36.8 Å². The van der Waals surface area contributed by atoms with Gasteiger partial charge in [0.2, 0.25) is 5.95 Å². The Labute approximate surface area is 466 Å². The number of hydrogen-bond donors (Lipinski definition) is 4. The zero-order valence-corrected chi connectivity index (χ0v) is 47.7. The maximum Gasteiger partial charge on any atom is 0.271 e. The van der Waals surface area contributed by atoms with Crippen LogP contribution < -0.4 is 16.4 Å². The Bertz CT molecular complexity index is 3230. The Morgan fingerprint density at radius 2 is 1.06 bits per heavy atom. The Morgan fingerprint density at radius 3 is 1.55 bits per heavy atom. The Morgan fingerprint density at radius 1 is 0.603 bits per heavy atom. The first-order chi connectivity index (χ1) is 36.9. The molecule has 0 aliphatic carbocycles. The van der Waals surface area contributed by atoms with Gasteiger partial charge in [-0.1, -0.05) is 0 Å². The van der Waals surface area contributed by atoms with Crippen molar-refractivity contribution in [1.82, 2.24) is 69.1 Å². The fraction of sp³-hybridized carbons (Fsp3) is 0.396. The second kappa shape index (κ2) is 32.3. The van der Waals surface area contributed by atoms with Crippen LogP contribution in [0.3, 0.4) is 0 Å². The van der Waals surface area contributed by atoms with Crippen LogP contribution in [0.5, 0.6) is 0 Å². The third kappa shape index (κ3) is 20.4. The lowest BCUT2D eigenvalue weighted by molar-refractivity contribution is -0.384. The molecule has 0 spiro atoms. The second-order valence-corrected chi connectivity index (χ2v) is 19.4. The summed E-state index contributed by atoms with van der Waals surface area (Å²) >= 11 is 5.42. The summed E-state index contributed by atoms with van der Waals surface area (Å²) in [5, 5.41) is 51.0. The number of nitrogens with zero attached hydrogens (tertiary/aromatic N) is 15. The van der Waals surface area contributed by atoms with Gasteiger partial charge in [-0.2, -0.15) is 25.4 Å². The molecule has 0 aliphatic heterocycles. The topological polar surface area (TPSA) is 257 Å². The maximum atomic E-state index is 10.8. The van der Waals surface area contributed by atoms with E-state index in [1.165, 1.54) is 18.2 Å². The number of rotatable bonds is 20. The molecule has 5 heterocycles. The van der Waals surface area contributed by atoms with E-state index in [-0.39, 0.29) is 28.7 Å². The number of non-ortho nitro benzene ring substituents is 2. The molecule has 0 unspecified atom stereocenters. The van der Waals surface area contributed by atoms with Gasteiger partial charge >= 0.3 is 0 Å². The summed E-state index contributed by atoms with van der Waals surface area (Å²) in [6, 6.07) is 23.3. The van der Waals surface area contributed by atoms with Crippen molar-refractivity contribution < 1.29 is 9.85 Å². The number of nitrogen functional groups attached to an aromatic ring is 1. The predicted molar refractivity (Wildman–Crippen MR) is 319 cm³/mol. The molecule has 9 rings (SSSR count). The molecule has 25 heteroatoms. The molecule has 5 N–H and O–H groups in total. The van der Waals surface area contributed by atoms with Gasteiger partial charge in [0.1, 0.15) is 5.82 Å². The molecule has 23 nitrogen and oxygen atoms in total. The SMILES string of the molecule is CN(C)CCCCl.CN(C)CCCn1ncc2ccc(N)cc21.CN(C)CCCn1ncc2ccc([N+](=O)[O-])cc21.CNc1ccnc(Nc2ccc3cnn(CCCN(C)C)c3c2)n1.Cl.O=[N+]([O-])c1ccc2cn[nH]c2c1. The van der Waals surface area contributed by atoms with Gasteiger partial charge in [0.15, 0.2) is 0 Å².